The van der Waals surface area contributed by atoms with Crippen LogP contribution in [0.2, 0.25) is 5.02 Å². The second-order valence-corrected chi connectivity index (χ2v) is 12.4. The summed E-state index contributed by atoms with van der Waals surface area (Å²) in [5.74, 6) is 0.639. The van der Waals surface area contributed by atoms with Gasteiger partial charge in [-0.25, -0.2) is 12.7 Å². The van der Waals surface area contributed by atoms with E-state index in [0.29, 0.717) is 29.0 Å². The van der Waals surface area contributed by atoms with E-state index in [1.807, 2.05) is 42.5 Å². The summed E-state index contributed by atoms with van der Waals surface area (Å²) in [6, 6.07) is 26.8. The van der Waals surface area contributed by atoms with Gasteiger partial charge in [0.05, 0.1) is 11.5 Å². The largest absolute Gasteiger partial charge is 0.376 e. The van der Waals surface area contributed by atoms with Crippen molar-refractivity contribution in [1.82, 2.24) is 9.21 Å². The van der Waals surface area contributed by atoms with Gasteiger partial charge in [-0.1, -0.05) is 72.3 Å². The highest BCUT2D eigenvalue weighted by Gasteiger charge is 2.26. The fraction of sp³-hybridized carbons (Fsp3) is 0.400. The summed E-state index contributed by atoms with van der Waals surface area (Å²) in [5.41, 5.74) is 2.29. The Kier molecular flexibility index (Phi) is 10.2. The van der Waals surface area contributed by atoms with E-state index >= 15 is 0 Å². The number of nitrogens with zero attached hydrogens (tertiary/aromatic N) is 2. The zero-order valence-corrected chi connectivity index (χ0v) is 23.1. The molecular formula is C30H37ClN2O3S. The zero-order valence-electron chi connectivity index (χ0n) is 21.5. The number of benzene rings is 3. The number of halogens is 1. The zero-order chi connectivity index (χ0) is 26.1. The van der Waals surface area contributed by atoms with Gasteiger partial charge in [0.1, 0.15) is 0 Å². The molecule has 0 radical (unpaired) electrons. The molecule has 198 valence electrons. The van der Waals surface area contributed by atoms with Crippen molar-refractivity contribution in [1.29, 1.82) is 0 Å². The normalized spacial score (nSPS) is 16.2. The van der Waals surface area contributed by atoms with E-state index in [2.05, 4.69) is 23.1 Å². The van der Waals surface area contributed by atoms with Crippen LogP contribution in [0.15, 0.2) is 89.8 Å². The van der Waals surface area contributed by atoms with Gasteiger partial charge in [-0.15, -0.1) is 0 Å². The first-order chi connectivity index (χ1) is 17.9. The van der Waals surface area contributed by atoms with Crippen molar-refractivity contribution in [2.24, 2.45) is 5.92 Å². The molecule has 0 spiro atoms. The van der Waals surface area contributed by atoms with Crippen LogP contribution in [-0.2, 0) is 21.4 Å². The van der Waals surface area contributed by atoms with Gasteiger partial charge < -0.3 is 9.64 Å². The molecular weight excluding hydrogens is 504 g/mol. The minimum Gasteiger partial charge on any atom is -0.376 e. The van der Waals surface area contributed by atoms with E-state index < -0.39 is 10.0 Å². The van der Waals surface area contributed by atoms with Crippen molar-refractivity contribution < 1.29 is 13.2 Å². The molecule has 1 heterocycles. The molecule has 7 heteroatoms. The molecule has 5 nitrogen and oxygen atoms in total. The fourth-order valence-corrected chi connectivity index (χ4v) is 6.37. The minimum absolute atomic E-state index is 0.0501. The lowest BCUT2D eigenvalue weighted by atomic mass is 9.93. The summed E-state index contributed by atoms with van der Waals surface area (Å²) < 4.78 is 33.8. The Balaban J connectivity index is 1.31. The summed E-state index contributed by atoms with van der Waals surface area (Å²) in [6.07, 6.45) is 3.11. The van der Waals surface area contributed by atoms with Crippen molar-refractivity contribution in [2.45, 2.75) is 36.7 Å². The van der Waals surface area contributed by atoms with Crippen LogP contribution in [0.1, 0.15) is 36.3 Å². The van der Waals surface area contributed by atoms with Crippen LogP contribution in [0.3, 0.4) is 0 Å². The van der Waals surface area contributed by atoms with Crippen molar-refractivity contribution in [3.63, 3.8) is 0 Å². The highest BCUT2D eigenvalue weighted by Crippen LogP contribution is 2.27. The first-order valence-electron chi connectivity index (χ1n) is 13.0. The van der Waals surface area contributed by atoms with Crippen LogP contribution >= 0.6 is 11.6 Å². The Labute approximate surface area is 227 Å². The topological polar surface area (TPSA) is 49.9 Å². The van der Waals surface area contributed by atoms with Crippen LogP contribution in [0.25, 0.3) is 0 Å². The number of rotatable bonds is 12. The molecule has 0 aliphatic carbocycles. The van der Waals surface area contributed by atoms with Gasteiger partial charge in [0.2, 0.25) is 10.0 Å². The van der Waals surface area contributed by atoms with Crippen molar-refractivity contribution in [3.8, 4) is 0 Å². The molecule has 0 aromatic heterocycles. The monoisotopic (exact) mass is 540 g/mol. The van der Waals surface area contributed by atoms with E-state index in [0.717, 1.165) is 51.1 Å². The van der Waals surface area contributed by atoms with Crippen LogP contribution in [0.5, 0.6) is 0 Å². The molecule has 1 aliphatic rings. The second-order valence-electron chi connectivity index (χ2n) is 9.92. The summed E-state index contributed by atoms with van der Waals surface area (Å²) >= 11 is 6.30. The SMILES string of the molecule is CN(C[C@@H](CCN1CCC(COCc2ccccc2)CC1)c1cccc(Cl)c1)S(=O)(=O)c1ccccc1. The van der Waals surface area contributed by atoms with Crippen molar-refractivity contribution in [2.75, 3.05) is 39.8 Å². The molecule has 4 rings (SSSR count). The Morgan fingerprint density at radius 3 is 2.32 bits per heavy atom. The average molecular weight is 541 g/mol. The number of hydrogen-bond acceptors (Lipinski definition) is 4. The van der Waals surface area contributed by atoms with Gasteiger partial charge in [-0.05, 0) is 86.1 Å². The standard InChI is InChI=1S/C30H37ClN2O3S/c1-32(37(34,35)30-13-6-3-7-14-30)22-28(27-11-8-12-29(31)21-27)17-20-33-18-15-26(16-19-33)24-36-23-25-9-4-2-5-10-25/h2-14,21,26,28H,15-20,22-24H2,1H3/t28-/m1/s1. The predicted molar refractivity (Wildman–Crippen MR) is 150 cm³/mol. The second kappa shape index (κ2) is 13.5. The summed E-state index contributed by atoms with van der Waals surface area (Å²) in [7, 11) is -1.89. The quantitative estimate of drug-likeness (QED) is 0.280. The van der Waals surface area contributed by atoms with Crippen LogP contribution in [-0.4, -0.2) is 57.5 Å². The summed E-state index contributed by atoms with van der Waals surface area (Å²) in [5, 5.41) is 0.674. The lowest BCUT2D eigenvalue weighted by molar-refractivity contribution is 0.0570. The van der Waals surface area contributed by atoms with Crippen molar-refractivity contribution >= 4 is 21.6 Å². The smallest absolute Gasteiger partial charge is 0.242 e. The fourth-order valence-electron chi connectivity index (χ4n) is 4.94. The molecule has 0 bridgehead atoms. The van der Waals surface area contributed by atoms with E-state index in [-0.39, 0.29) is 5.92 Å². The van der Waals surface area contributed by atoms with Gasteiger partial charge >= 0.3 is 0 Å². The molecule has 0 saturated carbocycles. The lowest BCUT2D eigenvalue weighted by Crippen LogP contribution is -2.37. The number of hydrogen-bond donors (Lipinski definition) is 0. The minimum atomic E-state index is -3.56. The Hall–Kier alpha value is -2.22. The lowest BCUT2D eigenvalue weighted by Gasteiger charge is -2.33. The predicted octanol–water partition coefficient (Wildman–Crippen LogP) is 6.06. The molecule has 1 fully saturated rings. The number of likely N-dealkylation sites (N-methyl/N-ethyl adjacent to an activating group) is 1. The maximum absolute atomic E-state index is 13.2. The highest BCUT2D eigenvalue weighted by molar-refractivity contribution is 7.89. The van der Waals surface area contributed by atoms with Gasteiger partial charge in [0, 0.05) is 25.2 Å². The third-order valence-corrected chi connectivity index (χ3v) is 9.29. The molecule has 0 amide bonds. The average Bonchev–Trinajstić information content (AvgIpc) is 2.92. The van der Waals surface area contributed by atoms with Crippen LogP contribution < -0.4 is 0 Å². The van der Waals surface area contributed by atoms with E-state index in [1.165, 1.54) is 9.87 Å². The van der Waals surface area contributed by atoms with E-state index in [4.69, 9.17) is 16.3 Å². The number of likely N-dealkylation sites (tertiary alicyclic amines) is 1. The number of piperidine rings is 1. The first-order valence-corrected chi connectivity index (χ1v) is 14.8. The third-order valence-electron chi connectivity index (χ3n) is 7.22. The molecule has 1 atom stereocenters. The first kappa shape index (κ1) is 27.8. The molecule has 0 N–H and O–H groups in total. The van der Waals surface area contributed by atoms with Gasteiger partial charge in [-0.2, -0.15) is 0 Å². The highest BCUT2D eigenvalue weighted by atomic mass is 35.5. The molecule has 3 aromatic carbocycles. The molecule has 0 unspecified atom stereocenters. The maximum Gasteiger partial charge on any atom is 0.242 e. The Bertz CT molecular complexity index is 1200. The molecule has 3 aromatic rings. The third kappa shape index (κ3) is 8.13. The summed E-state index contributed by atoms with van der Waals surface area (Å²) in [6.45, 7) is 4.88. The molecule has 1 aliphatic heterocycles. The summed E-state index contributed by atoms with van der Waals surface area (Å²) in [4.78, 5) is 2.82. The van der Waals surface area contributed by atoms with Crippen LogP contribution in [0.4, 0.5) is 0 Å². The van der Waals surface area contributed by atoms with E-state index in [9.17, 15) is 8.42 Å². The van der Waals surface area contributed by atoms with Gasteiger partial charge in [-0.3, -0.25) is 0 Å². The van der Waals surface area contributed by atoms with Gasteiger partial charge in [0.25, 0.3) is 0 Å². The number of sulfonamides is 1. The molecule has 37 heavy (non-hydrogen) atoms. The maximum atomic E-state index is 13.2. The van der Waals surface area contributed by atoms with Crippen molar-refractivity contribution in [3.05, 3.63) is 101 Å². The Morgan fingerprint density at radius 1 is 0.973 bits per heavy atom. The Morgan fingerprint density at radius 2 is 1.65 bits per heavy atom. The van der Waals surface area contributed by atoms with Crippen LogP contribution in [0, 0.1) is 5.92 Å². The number of ether oxygens (including phenoxy) is 1. The van der Waals surface area contributed by atoms with E-state index in [1.54, 1.807) is 31.3 Å². The van der Waals surface area contributed by atoms with Gasteiger partial charge in [0.15, 0.2) is 0 Å². The molecule has 1 saturated heterocycles.